The lowest BCUT2D eigenvalue weighted by molar-refractivity contribution is -0.964. The van der Waals surface area contributed by atoms with Gasteiger partial charge in [0.25, 0.3) is 0 Å². The van der Waals surface area contributed by atoms with E-state index >= 15 is 0 Å². The number of quaternary nitrogens is 1. The molecule has 0 radical (unpaired) electrons. The lowest BCUT2D eigenvalue weighted by atomic mass is 9.95. The number of amides is 2. The van der Waals surface area contributed by atoms with E-state index in [2.05, 4.69) is 10.6 Å². The van der Waals surface area contributed by atoms with Crippen molar-refractivity contribution in [1.82, 2.24) is 5.32 Å². The molecule has 3 fully saturated rings. The summed E-state index contributed by atoms with van der Waals surface area (Å²) in [6.45, 7) is 0. The van der Waals surface area contributed by atoms with Crippen LogP contribution in [-0.2, 0) is 6.18 Å². The number of carbonyl (C=O) groups excluding carboxylic acids is 1. The molecule has 2 amide bonds. The maximum atomic E-state index is 13.0. The van der Waals surface area contributed by atoms with Crippen LogP contribution < -0.4 is 15.5 Å². The SMILES string of the molecule is O=C(Nc1ccc(Cl)c(C(F)(F)F)c1)NC1C[C@H]2CC[C@@H](C1)[NH+]2C1CCCC1. The van der Waals surface area contributed by atoms with E-state index in [1.165, 1.54) is 44.6 Å². The molecule has 4 rings (SSSR count). The lowest BCUT2D eigenvalue weighted by Crippen LogP contribution is -3.21. The Hall–Kier alpha value is -1.47. The van der Waals surface area contributed by atoms with E-state index in [4.69, 9.17) is 11.6 Å². The lowest BCUT2D eigenvalue weighted by Gasteiger charge is -2.39. The van der Waals surface area contributed by atoms with E-state index in [9.17, 15) is 18.0 Å². The summed E-state index contributed by atoms with van der Waals surface area (Å²) in [5.41, 5.74) is -0.857. The Bertz CT molecular complexity index is 722. The van der Waals surface area contributed by atoms with Gasteiger partial charge in [0.05, 0.1) is 28.7 Å². The van der Waals surface area contributed by atoms with E-state index in [1.54, 1.807) is 4.90 Å². The summed E-state index contributed by atoms with van der Waals surface area (Å²) in [7, 11) is 0. The molecule has 2 saturated heterocycles. The number of carbonyl (C=O) groups is 1. The highest BCUT2D eigenvalue weighted by molar-refractivity contribution is 6.31. The minimum absolute atomic E-state index is 0.0806. The summed E-state index contributed by atoms with van der Waals surface area (Å²) in [5, 5.41) is 5.13. The molecule has 2 aliphatic heterocycles. The molecular weight excluding hydrogens is 391 g/mol. The largest absolute Gasteiger partial charge is 0.417 e. The average Bonchev–Trinajstić information content (AvgIpc) is 3.21. The van der Waals surface area contributed by atoms with E-state index in [1.807, 2.05) is 0 Å². The maximum Gasteiger partial charge on any atom is 0.417 e. The number of nitrogens with one attached hydrogen (secondary N) is 3. The molecule has 1 aromatic carbocycles. The maximum absolute atomic E-state index is 13.0. The Labute approximate surface area is 167 Å². The highest BCUT2D eigenvalue weighted by Crippen LogP contribution is 2.36. The van der Waals surface area contributed by atoms with E-state index in [0.29, 0.717) is 12.1 Å². The highest BCUT2D eigenvalue weighted by atomic mass is 35.5. The van der Waals surface area contributed by atoms with Crippen LogP contribution in [0.25, 0.3) is 0 Å². The number of rotatable bonds is 3. The minimum Gasteiger partial charge on any atom is -0.335 e. The van der Waals surface area contributed by atoms with Gasteiger partial charge in [0.2, 0.25) is 0 Å². The molecule has 3 N–H and O–H groups in total. The molecule has 4 nitrogen and oxygen atoms in total. The van der Waals surface area contributed by atoms with Gasteiger partial charge < -0.3 is 15.5 Å². The first-order valence-electron chi connectivity index (χ1n) is 10.1. The fourth-order valence-corrected chi connectivity index (χ4v) is 5.80. The Morgan fingerprint density at radius 1 is 1.04 bits per heavy atom. The fourth-order valence-electron chi connectivity index (χ4n) is 5.58. The number of benzene rings is 1. The van der Waals surface area contributed by atoms with Gasteiger partial charge in [0.15, 0.2) is 0 Å². The summed E-state index contributed by atoms with van der Waals surface area (Å²) in [5.74, 6) is 0. The zero-order valence-corrected chi connectivity index (χ0v) is 16.4. The Kier molecular flexibility index (Phi) is 5.49. The smallest absolute Gasteiger partial charge is 0.335 e. The molecule has 4 atom stereocenters. The number of hydrogen-bond acceptors (Lipinski definition) is 1. The van der Waals surface area contributed by atoms with Gasteiger partial charge >= 0.3 is 12.2 Å². The van der Waals surface area contributed by atoms with Crippen LogP contribution >= 0.6 is 11.6 Å². The molecule has 3 aliphatic rings. The standard InChI is InChI=1S/C20H25ClF3N3O/c21-18-8-5-12(11-17(18)20(22,23)24)25-19(28)26-13-9-15-6-7-16(10-13)27(15)14-3-1-2-4-14/h5,8,11,13-16H,1-4,6-7,9-10H2,(H2,25,26,28)/p+1/t13?,15-,16+. The Morgan fingerprint density at radius 2 is 1.68 bits per heavy atom. The second kappa shape index (κ2) is 7.75. The first kappa shape index (κ1) is 19.8. The number of halogens is 4. The first-order valence-corrected chi connectivity index (χ1v) is 10.5. The second-order valence-electron chi connectivity index (χ2n) is 8.41. The van der Waals surface area contributed by atoms with Gasteiger partial charge in [-0.25, -0.2) is 4.79 Å². The van der Waals surface area contributed by atoms with Crippen LogP contribution in [0.15, 0.2) is 18.2 Å². The molecule has 8 heteroatoms. The zero-order chi connectivity index (χ0) is 19.9. The predicted molar refractivity (Wildman–Crippen MR) is 102 cm³/mol. The monoisotopic (exact) mass is 416 g/mol. The molecule has 28 heavy (non-hydrogen) atoms. The molecule has 154 valence electrons. The van der Waals surface area contributed by atoms with Gasteiger partial charge in [-0.15, -0.1) is 0 Å². The van der Waals surface area contributed by atoms with Crippen molar-refractivity contribution in [3.05, 3.63) is 28.8 Å². The molecule has 1 aliphatic carbocycles. The van der Waals surface area contributed by atoms with Crippen molar-refractivity contribution in [3.8, 4) is 0 Å². The third-order valence-corrected chi connectivity index (χ3v) is 6.97. The molecule has 2 unspecified atom stereocenters. The van der Waals surface area contributed by atoms with Crippen LogP contribution in [0.2, 0.25) is 5.02 Å². The Morgan fingerprint density at radius 3 is 2.29 bits per heavy atom. The molecule has 0 aromatic heterocycles. The van der Waals surface area contributed by atoms with Crippen molar-refractivity contribution in [2.45, 2.75) is 81.7 Å². The van der Waals surface area contributed by atoms with Crippen molar-refractivity contribution in [3.63, 3.8) is 0 Å². The number of anilines is 1. The Balaban J connectivity index is 1.35. The van der Waals surface area contributed by atoms with Crippen molar-refractivity contribution < 1.29 is 22.9 Å². The van der Waals surface area contributed by atoms with Crippen molar-refractivity contribution in [1.29, 1.82) is 0 Å². The van der Waals surface area contributed by atoms with Crippen LogP contribution in [0.4, 0.5) is 23.7 Å². The van der Waals surface area contributed by atoms with E-state index < -0.39 is 17.8 Å². The fraction of sp³-hybridized carbons (Fsp3) is 0.650. The van der Waals surface area contributed by atoms with Crippen molar-refractivity contribution >= 4 is 23.3 Å². The van der Waals surface area contributed by atoms with Gasteiger partial charge in [0.1, 0.15) is 0 Å². The molecule has 2 heterocycles. The summed E-state index contributed by atoms with van der Waals surface area (Å²) in [6.07, 6.45) is 5.06. The van der Waals surface area contributed by atoms with Crippen molar-refractivity contribution in [2.75, 3.05) is 5.32 Å². The van der Waals surface area contributed by atoms with E-state index in [0.717, 1.165) is 31.0 Å². The summed E-state index contributed by atoms with van der Waals surface area (Å²) in [6, 6.07) is 5.01. The zero-order valence-electron chi connectivity index (χ0n) is 15.6. The molecule has 1 saturated carbocycles. The number of alkyl halides is 3. The number of fused-ring (bicyclic) bond motifs is 2. The quantitative estimate of drug-likeness (QED) is 0.685. The summed E-state index contributed by atoms with van der Waals surface area (Å²) >= 11 is 5.63. The first-order chi connectivity index (χ1) is 13.3. The van der Waals surface area contributed by atoms with Crippen LogP contribution in [0.3, 0.4) is 0 Å². The van der Waals surface area contributed by atoms with Crippen LogP contribution in [-0.4, -0.2) is 30.2 Å². The van der Waals surface area contributed by atoms with Crippen LogP contribution in [0, 0.1) is 0 Å². The molecule has 1 aromatic rings. The summed E-state index contributed by atoms with van der Waals surface area (Å²) < 4.78 is 38.9. The summed E-state index contributed by atoms with van der Waals surface area (Å²) in [4.78, 5) is 14.1. The van der Waals surface area contributed by atoms with Crippen molar-refractivity contribution in [2.24, 2.45) is 0 Å². The highest BCUT2D eigenvalue weighted by Gasteiger charge is 2.48. The van der Waals surface area contributed by atoms with Gasteiger partial charge in [-0.3, -0.25) is 0 Å². The second-order valence-corrected chi connectivity index (χ2v) is 8.82. The van der Waals surface area contributed by atoms with Gasteiger partial charge in [-0.05, 0) is 43.9 Å². The van der Waals surface area contributed by atoms with Crippen LogP contribution in [0.5, 0.6) is 0 Å². The third-order valence-electron chi connectivity index (χ3n) is 6.64. The van der Waals surface area contributed by atoms with Gasteiger partial charge in [-0.2, -0.15) is 13.2 Å². The number of urea groups is 1. The van der Waals surface area contributed by atoms with Crippen LogP contribution in [0.1, 0.15) is 56.9 Å². The molecule has 2 bridgehead atoms. The number of hydrogen-bond donors (Lipinski definition) is 3. The topological polar surface area (TPSA) is 45.6 Å². The average molecular weight is 417 g/mol. The van der Waals surface area contributed by atoms with Gasteiger partial charge in [0, 0.05) is 37.4 Å². The van der Waals surface area contributed by atoms with Gasteiger partial charge in [-0.1, -0.05) is 11.6 Å². The van der Waals surface area contributed by atoms with E-state index in [-0.39, 0.29) is 16.8 Å². The third kappa shape index (κ3) is 4.10. The normalized spacial score (nSPS) is 30.4. The number of piperidine rings is 1. The minimum atomic E-state index is -4.56. The molecule has 0 spiro atoms. The molecular formula is C20H26ClF3N3O+. The predicted octanol–water partition coefficient (Wildman–Crippen LogP) is 4.00.